The Bertz CT molecular complexity index is 1060. The zero-order valence-corrected chi connectivity index (χ0v) is 19.7. The number of hydrogen-bond acceptors (Lipinski definition) is 5. The number of anilines is 1. The second-order valence-electron chi connectivity index (χ2n) is 9.34. The van der Waals surface area contributed by atoms with E-state index in [-0.39, 0.29) is 6.04 Å². The van der Waals surface area contributed by atoms with Crippen molar-refractivity contribution >= 4 is 24.0 Å². The Labute approximate surface area is 201 Å². The van der Waals surface area contributed by atoms with Gasteiger partial charge in [0, 0.05) is 31.9 Å². The summed E-state index contributed by atoms with van der Waals surface area (Å²) in [6.07, 6.45) is -0.433. The number of pyridine rings is 1. The van der Waals surface area contributed by atoms with Crippen LogP contribution in [0.1, 0.15) is 43.9 Å². The topological polar surface area (TPSA) is 83.0 Å². The fourth-order valence-electron chi connectivity index (χ4n) is 3.77. The third-order valence-corrected chi connectivity index (χ3v) is 5.33. The number of aliphatic carboxylic acids is 1. The molecular formula is C25H28F3N3O4. The van der Waals surface area contributed by atoms with Gasteiger partial charge in [-0.2, -0.15) is 13.2 Å². The first-order valence-corrected chi connectivity index (χ1v) is 11.1. The van der Waals surface area contributed by atoms with Gasteiger partial charge in [-0.25, -0.2) is 14.6 Å². The van der Waals surface area contributed by atoms with Crippen LogP contribution in [0.25, 0.3) is 6.08 Å². The number of amides is 1. The van der Waals surface area contributed by atoms with Gasteiger partial charge in [0.1, 0.15) is 11.4 Å². The molecule has 1 aromatic carbocycles. The summed E-state index contributed by atoms with van der Waals surface area (Å²) in [5, 5.41) is 8.79. The summed E-state index contributed by atoms with van der Waals surface area (Å²) in [5.74, 6) is -0.711. The molecule has 1 atom stereocenters. The molecule has 3 rings (SSSR count). The van der Waals surface area contributed by atoms with E-state index in [0.717, 1.165) is 23.8 Å². The zero-order valence-electron chi connectivity index (χ0n) is 19.7. The van der Waals surface area contributed by atoms with Crippen molar-refractivity contribution in [2.24, 2.45) is 0 Å². The lowest BCUT2D eigenvalue weighted by Crippen LogP contribution is -2.45. The van der Waals surface area contributed by atoms with E-state index in [9.17, 15) is 22.8 Å². The van der Waals surface area contributed by atoms with Crippen LogP contribution in [-0.4, -0.2) is 51.8 Å². The zero-order chi connectivity index (χ0) is 25.8. The number of rotatable bonds is 6. The number of ether oxygens (including phenoxy) is 1. The maximum absolute atomic E-state index is 13.1. The highest BCUT2D eigenvalue weighted by Gasteiger charge is 2.35. The summed E-state index contributed by atoms with van der Waals surface area (Å²) in [6, 6.07) is 8.10. The highest BCUT2D eigenvalue weighted by atomic mass is 19.4. The van der Waals surface area contributed by atoms with Crippen LogP contribution < -0.4 is 4.90 Å². The van der Waals surface area contributed by atoms with Gasteiger partial charge in [0.05, 0.1) is 11.6 Å². The average Bonchev–Trinajstić information content (AvgIpc) is 3.19. The molecule has 1 aliphatic heterocycles. The molecule has 0 saturated carbocycles. The van der Waals surface area contributed by atoms with Crippen LogP contribution in [0.3, 0.4) is 0 Å². The van der Waals surface area contributed by atoms with Crippen LogP contribution in [0.4, 0.5) is 23.8 Å². The van der Waals surface area contributed by atoms with E-state index >= 15 is 0 Å². The third-order valence-electron chi connectivity index (χ3n) is 5.33. The lowest BCUT2D eigenvalue weighted by Gasteiger charge is -2.31. The lowest BCUT2D eigenvalue weighted by atomic mass is 10.1. The summed E-state index contributed by atoms with van der Waals surface area (Å²) >= 11 is 0. The summed E-state index contributed by atoms with van der Waals surface area (Å²) in [7, 11) is 0. The van der Waals surface area contributed by atoms with E-state index in [1.54, 1.807) is 32.9 Å². The van der Waals surface area contributed by atoms with Gasteiger partial charge < -0.3 is 9.84 Å². The molecule has 2 heterocycles. The molecule has 1 saturated heterocycles. The second kappa shape index (κ2) is 10.5. The molecule has 1 aromatic heterocycles. The molecule has 0 bridgehead atoms. The molecule has 1 aliphatic rings. The minimum Gasteiger partial charge on any atom is -0.478 e. The maximum atomic E-state index is 13.1. The minimum atomic E-state index is -4.38. The van der Waals surface area contributed by atoms with Gasteiger partial charge in [-0.3, -0.25) is 9.80 Å². The van der Waals surface area contributed by atoms with Crippen molar-refractivity contribution in [2.45, 2.75) is 51.6 Å². The number of benzene rings is 1. The molecule has 1 N–H and O–H groups in total. The van der Waals surface area contributed by atoms with Crippen molar-refractivity contribution in [3.05, 3.63) is 65.4 Å². The minimum absolute atomic E-state index is 0.257. The number of aromatic nitrogens is 1. The molecule has 1 fully saturated rings. The number of alkyl halides is 3. The SMILES string of the molecule is CC(C)(C)OC(=O)N(c1ccc(C=CC(=O)O)cn1)[C@@H]1CCN(Cc2ccc(C(F)(F)F)cc2)C1. The standard InChI is InChI=1S/C25H28F3N3O4/c1-24(2,3)35-23(34)31(21-10-6-17(14-29-21)7-11-22(32)33)20-12-13-30(16-20)15-18-4-8-19(9-5-18)25(26,27)28/h4-11,14,20H,12-13,15-16H2,1-3H3,(H,32,33)/t20-/m1/s1. The summed E-state index contributed by atoms with van der Waals surface area (Å²) in [5.41, 5.74) is -0.104. The largest absolute Gasteiger partial charge is 0.478 e. The highest BCUT2D eigenvalue weighted by molar-refractivity contribution is 5.88. The van der Waals surface area contributed by atoms with E-state index in [1.807, 2.05) is 0 Å². The van der Waals surface area contributed by atoms with E-state index in [0.29, 0.717) is 37.4 Å². The van der Waals surface area contributed by atoms with Crippen LogP contribution in [-0.2, 0) is 22.3 Å². The predicted molar refractivity (Wildman–Crippen MR) is 125 cm³/mol. The van der Waals surface area contributed by atoms with Gasteiger partial charge in [-0.05, 0) is 68.7 Å². The van der Waals surface area contributed by atoms with Gasteiger partial charge in [-0.15, -0.1) is 0 Å². The van der Waals surface area contributed by atoms with E-state index in [1.165, 1.54) is 29.3 Å². The Morgan fingerprint density at radius 3 is 2.40 bits per heavy atom. The molecule has 0 spiro atoms. The van der Waals surface area contributed by atoms with Gasteiger partial charge in [-0.1, -0.05) is 12.1 Å². The van der Waals surface area contributed by atoms with Gasteiger partial charge in [0.15, 0.2) is 0 Å². The number of hydrogen-bond donors (Lipinski definition) is 1. The first kappa shape index (κ1) is 26.2. The summed E-state index contributed by atoms with van der Waals surface area (Å²) < 4.78 is 44.1. The van der Waals surface area contributed by atoms with Crippen molar-refractivity contribution in [3.63, 3.8) is 0 Å². The number of halogens is 3. The Morgan fingerprint density at radius 1 is 1.17 bits per heavy atom. The third kappa shape index (κ3) is 7.54. The Balaban J connectivity index is 1.76. The van der Waals surface area contributed by atoms with Crippen molar-refractivity contribution in [2.75, 3.05) is 18.0 Å². The lowest BCUT2D eigenvalue weighted by molar-refractivity contribution is -0.137. The monoisotopic (exact) mass is 491 g/mol. The average molecular weight is 492 g/mol. The van der Waals surface area contributed by atoms with Crippen molar-refractivity contribution in [1.82, 2.24) is 9.88 Å². The number of carbonyl (C=O) groups is 2. The van der Waals surface area contributed by atoms with Crippen LogP contribution in [0.2, 0.25) is 0 Å². The molecule has 0 aliphatic carbocycles. The normalized spacial score (nSPS) is 17.0. The molecule has 10 heteroatoms. The molecule has 7 nitrogen and oxygen atoms in total. The first-order chi connectivity index (χ1) is 16.3. The Morgan fingerprint density at radius 2 is 1.86 bits per heavy atom. The van der Waals surface area contributed by atoms with Crippen LogP contribution in [0, 0.1) is 0 Å². The van der Waals surface area contributed by atoms with Gasteiger partial charge in [0.25, 0.3) is 0 Å². The molecular weight excluding hydrogens is 463 g/mol. The smallest absolute Gasteiger partial charge is 0.416 e. The summed E-state index contributed by atoms with van der Waals surface area (Å²) in [4.78, 5) is 31.7. The van der Waals surface area contributed by atoms with Crippen molar-refractivity contribution in [3.8, 4) is 0 Å². The van der Waals surface area contributed by atoms with Gasteiger partial charge in [0.2, 0.25) is 0 Å². The predicted octanol–water partition coefficient (Wildman–Crippen LogP) is 5.21. The Hall–Kier alpha value is -3.40. The molecule has 2 aromatic rings. The van der Waals surface area contributed by atoms with Crippen LogP contribution >= 0.6 is 0 Å². The number of carboxylic acid groups (broad SMARTS) is 1. The first-order valence-electron chi connectivity index (χ1n) is 11.1. The summed E-state index contributed by atoms with van der Waals surface area (Å²) in [6.45, 7) is 6.88. The van der Waals surface area contributed by atoms with E-state index < -0.39 is 29.4 Å². The molecule has 35 heavy (non-hydrogen) atoms. The quantitative estimate of drug-likeness (QED) is 0.559. The van der Waals surface area contributed by atoms with Crippen LogP contribution in [0.15, 0.2) is 48.7 Å². The maximum Gasteiger partial charge on any atom is 0.416 e. The van der Waals surface area contributed by atoms with E-state index in [2.05, 4.69) is 9.88 Å². The molecule has 188 valence electrons. The number of carboxylic acids is 1. The highest BCUT2D eigenvalue weighted by Crippen LogP contribution is 2.30. The van der Waals surface area contributed by atoms with Crippen molar-refractivity contribution in [1.29, 1.82) is 0 Å². The number of likely N-dealkylation sites (tertiary alicyclic amines) is 1. The fraction of sp³-hybridized carbons (Fsp3) is 0.400. The molecule has 0 radical (unpaired) electrons. The fourth-order valence-corrected chi connectivity index (χ4v) is 3.77. The molecule has 0 unspecified atom stereocenters. The second-order valence-corrected chi connectivity index (χ2v) is 9.34. The van der Waals surface area contributed by atoms with Crippen LogP contribution in [0.5, 0.6) is 0 Å². The molecule has 1 amide bonds. The number of carbonyl (C=O) groups excluding carboxylic acids is 1. The van der Waals surface area contributed by atoms with E-state index in [4.69, 9.17) is 9.84 Å². The number of nitrogens with zero attached hydrogens (tertiary/aromatic N) is 3. The Kier molecular flexibility index (Phi) is 7.84. The van der Waals surface area contributed by atoms with Gasteiger partial charge >= 0.3 is 18.2 Å². The van der Waals surface area contributed by atoms with Crippen molar-refractivity contribution < 1.29 is 32.6 Å².